The number of amides is 1. The maximum atomic E-state index is 10.2. The molecule has 1 saturated heterocycles. The predicted octanol–water partition coefficient (Wildman–Crippen LogP) is 5.78. The minimum atomic E-state index is 0.964. The van der Waals surface area contributed by atoms with Crippen molar-refractivity contribution in [2.45, 2.75) is 56.2 Å². The van der Waals surface area contributed by atoms with Gasteiger partial charge < -0.3 is 4.90 Å². The van der Waals surface area contributed by atoms with Crippen molar-refractivity contribution in [2.75, 3.05) is 13.1 Å². The Morgan fingerprint density at radius 3 is 2.08 bits per heavy atom. The van der Waals surface area contributed by atoms with Gasteiger partial charge in [0.1, 0.15) is 0 Å². The number of hydrogen-bond acceptors (Lipinski definition) is 2. The molecule has 2 aromatic rings. The number of likely N-dealkylation sites (tertiary alicyclic amines) is 1. The van der Waals surface area contributed by atoms with Gasteiger partial charge in [0, 0.05) is 22.9 Å². The number of carbonyl (C=O) groups is 1. The van der Waals surface area contributed by atoms with E-state index in [1.54, 1.807) is 0 Å². The Kier molecular flexibility index (Phi) is 8.07. The first kappa shape index (κ1) is 19.6. The summed E-state index contributed by atoms with van der Waals surface area (Å²) in [5, 5.41) is 0. The van der Waals surface area contributed by atoms with Gasteiger partial charge in [0.25, 0.3) is 0 Å². The van der Waals surface area contributed by atoms with Crippen molar-refractivity contribution in [1.29, 1.82) is 0 Å². The first-order valence-electron chi connectivity index (χ1n) is 9.10. The molecule has 0 saturated carbocycles. The SMILES string of the molecule is Cc1ccc(Sc2ccccc2C)c(C)c1.O=CN1CCCCCC1. The third-order valence-electron chi connectivity index (χ3n) is 4.43. The van der Waals surface area contributed by atoms with Crippen molar-refractivity contribution in [3.63, 3.8) is 0 Å². The molecule has 25 heavy (non-hydrogen) atoms. The molecule has 0 spiro atoms. The van der Waals surface area contributed by atoms with Crippen LogP contribution in [0.2, 0.25) is 0 Å². The van der Waals surface area contributed by atoms with E-state index in [1.807, 2.05) is 16.7 Å². The van der Waals surface area contributed by atoms with Gasteiger partial charge in [-0.2, -0.15) is 0 Å². The molecule has 3 heteroatoms. The molecule has 0 N–H and O–H groups in total. The Morgan fingerprint density at radius 2 is 1.48 bits per heavy atom. The van der Waals surface area contributed by atoms with Crippen LogP contribution in [0.1, 0.15) is 42.4 Å². The monoisotopic (exact) mass is 355 g/mol. The lowest BCUT2D eigenvalue weighted by Gasteiger charge is -2.11. The molecule has 2 nitrogen and oxygen atoms in total. The van der Waals surface area contributed by atoms with Crippen LogP contribution in [0.25, 0.3) is 0 Å². The summed E-state index contributed by atoms with van der Waals surface area (Å²) >= 11 is 1.85. The molecular weight excluding hydrogens is 326 g/mol. The zero-order valence-corrected chi connectivity index (χ0v) is 16.4. The summed E-state index contributed by atoms with van der Waals surface area (Å²) in [7, 11) is 0. The van der Waals surface area contributed by atoms with Crippen LogP contribution in [0.15, 0.2) is 52.3 Å². The minimum absolute atomic E-state index is 0.964. The summed E-state index contributed by atoms with van der Waals surface area (Å²) in [4.78, 5) is 14.8. The number of aryl methyl sites for hydroxylation is 3. The van der Waals surface area contributed by atoms with Gasteiger partial charge in [0.05, 0.1) is 0 Å². The van der Waals surface area contributed by atoms with Gasteiger partial charge >= 0.3 is 0 Å². The summed E-state index contributed by atoms with van der Waals surface area (Å²) < 4.78 is 0. The zero-order valence-electron chi connectivity index (χ0n) is 15.6. The second-order valence-corrected chi connectivity index (χ2v) is 7.78. The van der Waals surface area contributed by atoms with Gasteiger partial charge in [-0.1, -0.05) is 60.5 Å². The molecule has 0 radical (unpaired) electrons. The number of nitrogens with zero attached hydrogens (tertiary/aromatic N) is 1. The van der Waals surface area contributed by atoms with Crippen molar-refractivity contribution in [3.05, 3.63) is 59.2 Å². The van der Waals surface area contributed by atoms with Crippen molar-refractivity contribution in [1.82, 2.24) is 4.90 Å². The quantitative estimate of drug-likeness (QED) is 0.650. The largest absolute Gasteiger partial charge is 0.345 e. The summed E-state index contributed by atoms with van der Waals surface area (Å²) in [6.45, 7) is 8.42. The highest BCUT2D eigenvalue weighted by Crippen LogP contribution is 2.32. The van der Waals surface area contributed by atoms with E-state index in [1.165, 1.54) is 52.2 Å². The molecule has 0 atom stereocenters. The second kappa shape index (κ2) is 10.3. The van der Waals surface area contributed by atoms with E-state index < -0.39 is 0 Å². The Balaban J connectivity index is 0.000000212. The molecule has 1 aliphatic heterocycles. The summed E-state index contributed by atoms with van der Waals surface area (Å²) in [6, 6.07) is 15.1. The van der Waals surface area contributed by atoms with E-state index in [0.29, 0.717) is 0 Å². The Hall–Kier alpha value is -1.74. The van der Waals surface area contributed by atoms with E-state index in [0.717, 1.165) is 19.5 Å². The average Bonchev–Trinajstić information content (AvgIpc) is 2.88. The molecular formula is C22H29NOS. The molecule has 1 amide bonds. The van der Waals surface area contributed by atoms with Crippen LogP contribution >= 0.6 is 11.8 Å². The van der Waals surface area contributed by atoms with Crippen molar-refractivity contribution < 1.29 is 4.79 Å². The lowest BCUT2D eigenvalue weighted by atomic mass is 10.2. The van der Waals surface area contributed by atoms with Gasteiger partial charge in [0.2, 0.25) is 6.41 Å². The smallest absolute Gasteiger partial charge is 0.209 e. The minimum Gasteiger partial charge on any atom is -0.345 e. The standard InChI is InChI=1S/C15H16S.C7H13NO/c1-11-8-9-15(13(3)10-11)16-14-7-5-4-6-12(14)2;9-7-8-5-3-1-2-4-6-8/h4-10H,1-3H3;7H,1-6H2. The average molecular weight is 356 g/mol. The van der Waals surface area contributed by atoms with Gasteiger partial charge in [-0.15, -0.1) is 0 Å². The van der Waals surface area contributed by atoms with E-state index in [9.17, 15) is 4.79 Å². The molecule has 134 valence electrons. The van der Waals surface area contributed by atoms with Gasteiger partial charge in [-0.25, -0.2) is 0 Å². The molecule has 1 aliphatic rings. The number of benzene rings is 2. The molecule has 0 aliphatic carbocycles. The topological polar surface area (TPSA) is 20.3 Å². The highest BCUT2D eigenvalue weighted by Gasteiger charge is 2.04. The third kappa shape index (κ3) is 6.58. The summed E-state index contributed by atoms with van der Waals surface area (Å²) in [6.07, 6.45) is 5.94. The van der Waals surface area contributed by atoms with Gasteiger partial charge in [-0.3, -0.25) is 4.79 Å². The molecule has 2 aromatic carbocycles. The Labute approximate surface area is 156 Å². The normalized spacial score (nSPS) is 14.3. The molecule has 1 heterocycles. The van der Waals surface area contributed by atoms with Crippen molar-refractivity contribution in [2.24, 2.45) is 0 Å². The maximum Gasteiger partial charge on any atom is 0.209 e. The van der Waals surface area contributed by atoms with Crippen LogP contribution in [-0.2, 0) is 4.79 Å². The fourth-order valence-corrected chi connectivity index (χ4v) is 3.87. The fourth-order valence-electron chi connectivity index (χ4n) is 2.90. The van der Waals surface area contributed by atoms with E-state index >= 15 is 0 Å². The van der Waals surface area contributed by atoms with Crippen LogP contribution in [0, 0.1) is 20.8 Å². The van der Waals surface area contributed by atoms with Gasteiger partial charge in [-0.05, 0) is 56.9 Å². The zero-order chi connectivity index (χ0) is 18.1. The summed E-state index contributed by atoms with van der Waals surface area (Å²) in [5.41, 5.74) is 4.02. The maximum absolute atomic E-state index is 10.2. The molecule has 3 rings (SSSR count). The van der Waals surface area contributed by atoms with Crippen LogP contribution in [0.5, 0.6) is 0 Å². The Morgan fingerprint density at radius 1 is 0.840 bits per heavy atom. The highest BCUT2D eigenvalue weighted by molar-refractivity contribution is 7.99. The van der Waals surface area contributed by atoms with Crippen molar-refractivity contribution >= 4 is 18.2 Å². The van der Waals surface area contributed by atoms with E-state index in [-0.39, 0.29) is 0 Å². The van der Waals surface area contributed by atoms with E-state index in [2.05, 4.69) is 63.2 Å². The van der Waals surface area contributed by atoms with Crippen LogP contribution in [0.3, 0.4) is 0 Å². The predicted molar refractivity (Wildman–Crippen MR) is 107 cm³/mol. The molecule has 0 unspecified atom stereocenters. The van der Waals surface area contributed by atoms with E-state index in [4.69, 9.17) is 0 Å². The Bertz CT molecular complexity index is 675. The molecule has 1 fully saturated rings. The lowest BCUT2D eigenvalue weighted by molar-refractivity contribution is -0.118. The number of hydrogen-bond donors (Lipinski definition) is 0. The lowest BCUT2D eigenvalue weighted by Crippen LogP contribution is -2.22. The highest BCUT2D eigenvalue weighted by atomic mass is 32.2. The summed E-state index contributed by atoms with van der Waals surface area (Å²) in [5.74, 6) is 0. The van der Waals surface area contributed by atoms with Gasteiger partial charge in [0.15, 0.2) is 0 Å². The first-order valence-corrected chi connectivity index (χ1v) is 9.92. The van der Waals surface area contributed by atoms with Crippen LogP contribution in [-0.4, -0.2) is 24.4 Å². The molecule has 0 aromatic heterocycles. The fraction of sp³-hybridized carbons (Fsp3) is 0.409. The number of rotatable bonds is 3. The second-order valence-electron chi connectivity index (χ2n) is 6.69. The third-order valence-corrected chi connectivity index (χ3v) is 5.79. The number of carbonyl (C=O) groups excluding carboxylic acids is 1. The van der Waals surface area contributed by atoms with Crippen LogP contribution in [0.4, 0.5) is 0 Å². The van der Waals surface area contributed by atoms with Crippen molar-refractivity contribution in [3.8, 4) is 0 Å². The molecule has 0 bridgehead atoms. The first-order chi connectivity index (χ1) is 12.1. The van der Waals surface area contributed by atoms with Crippen LogP contribution < -0.4 is 0 Å².